The zero-order valence-corrected chi connectivity index (χ0v) is 35.6. The predicted molar refractivity (Wildman–Crippen MR) is 243 cm³/mol. The smallest absolute Gasteiger partial charge is 0.135 e. The van der Waals surface area contributed by atoms with Gasteiger partial charge in [-0.25, -0.2) is 4.98 Å². The van der Waals surface area contributed by atoms with Crippen LogP contribution in [0.1, 0.15) is 26.3 Å². The fourth-order valence-corrected chi connectivity index (χ4v) is 8.62. The van der Waals surface area contributed by atoms with Gasteiger partial charge in [0.05, 0.1) is 5.69 Å². The van der Waals surface area contributed by atoms with Crippen molar-refractivity contribution in [2.75, 3.05) is 14.7 Å². The van der Waals surface area contributed by atoms with Gasteiger partial charge < -0.3 is 19.4 Å². The first-order valence-corrected chi connectivity index (χ1v) is 20.0. The fourth-order valence-electron chi connectivity index (χ4n) is 8.62. The average molecular weight is 955 g/mol. The molecule has 294 valence electrons. The van der Waals surface area contributed by atoms with E-state index in [-0.39, 0.29) is 26.5 Å². The fraction of sp³-hybridized carbons (Fsp3) is 0.0741. The van der Waals surface area contributed by atoms with Crippen molar-refractivity contribution in [3.05, 3.63) is 200 Å². The molecule has 0 unspecified atom stereocenters. The van der Waals surface area contributed by atoms with Crippen LogP contribution in [0.4, 0.5) is 39.9 Å². The van der Waals surface area contributed by atoms with Gasteiger partial charge in [-0.3, -0.25) is 0 Å². The summed E-state index contributed by atoms with van der Waals surface area (Å²) in [5.74, 6) is 2.00. The molecule has 0 spiro atoms. The SMILES string of the molecule is CC(C)(C)c1ccnc(N2c3[c-]c(Oc4[c-]c(N5[CH-]N(c6cccc7ccc8ccccc8c67)c6ccccc65)ccc4)ccc3-c3ccccc3-c3ccccc32)c1.[Pt]. The Morgan fingerprint density at radius 3 is 1.98 bits per heavy atom. The minimum atomic E-state index is -0.0576. The van der Waals surface area contributed by atoms with Crippen molar-refractivity contribution >= 4 is 61.5 Å². The number of benzene rings is 8. The van der Waals surface area contributed by atoms with Crippen molar-refractivity contribution in [3.63, 3.8) is 0 Å². The number of aromatic nitrogens is 1. The van der Waals surface area contributed by atoms with Crippen molar-refractivity contribution in [2.45, 2.75) is 26.2 Å². The summed E-state index contributed by atoms with van der Waals surface area (Å²) in [6.45, 7) is 8.86. The van der Waals surface area contributed by atoms with Crippen molar-refractivity contribution in [1.82, 2.24) is 4.98 Å². The summed E-state index contributed by atoms with van der Waals surface area (Å²) < 4.78 is 6.72. The molecule has 9 aromatic rings. The number of para-hydroxylation sites is 3. The first-order valence-electron chi connectivity index (χ1n) is 20.0. The molecule has 60 heavy (non-hydrogen) atoms. The number of anilines is 7. The number of pyridine rings is 1. The van der Waals surface area contributed by atoms with Crippen LogP contribution in [-0.2, 0) is 26.5 Å². The van der Waals surface area contributed by atoms with Crippen LogP contribution in [-0.4, -0.2) is 4.98 Å². The second kappa shape index (κ2) is 14.9. The minimum absolute atomic E-state index is 0. The zero-order chi connectivity index (χ0) is 39.7. The number of fused-ring (bicyclic) bond motifs is 9. The van der Waals surface area contributed by atoms with E-state index >= 15 is 0 Å². The van der Waals surface area contributed by atoms with Gasteiger partial charge in [-0.05, 0) is 69.1 Å². The Hall–Kier alpha value is -6.68. The molecule has 8 aromatic carbocycles. The van der Waals surface area contributed by atoms with Crippen molar-refractivity contribution < 1.29 is 25.8 Å². The molecule has 0 bridgehead atoms. The van der Waals surface area contributed by atoms with E-state index in [0.29, 0.717) is 11.5 Å². The van der Waals surface area contributed by atoms with Gasteiger partial charge in [-0.15, -0.1) is 48.3 Å². The van der Waals surface area contributed by atoms with Crippen LogP contribution < -0.4 is 19.4 Å². The van der Waals surface area contributed by atoms with Crippen LogP contribution in [0, 0.1) is 18.8 Å². The number of hydrogen-bond donors (Lipinski definition) is 0. The number of ether oxygens (including phenoxy) is 1. The van der Waals surface area contributed by atoms with Gasteiger partial charge >= 0.3 is 0 Å². The molecular weight excluding hydrogens is 916 g/mol. The third kappa shape index (κ3) is 6.33. The van der Waals surface area contributed by atoms with E-state index in [1.165, 1.54) is 27.1 Å². The third-order valence-electron chi connectivity index (χ3n) is 11.5. The maximum Gasteiger partial charge on any atom is 0.135 e. The Morgan fingerprint density at radius 1 is 0.533 bits per heavy atom. The molecule has 11 rings (SSSR count). The van der Waals surface area contributed by atoms with Crippen LogP contribution >= 0.6 is 0 Å². The van der Waals surface area contributed by atoms with E-state index in [0.717, 1.165) is 62.2 Å². The van der Waals surface area contributed by atoms with Gasteiger partial charge in [0.1, 0.15) is 5.82 Å². The number of hydrogen-bond acceptors (Lipinski definition) is 5. The van der Waals surface area contributed by atoms with Gasteiger partial charge in [-0.2, -0.15) is 12.1 Å². The Balaban J connectivity index is 0.00000433. The maximum absolute atomic E-state index is 6.72. The number of nitrogens with zero attached hydrogens (tertiary/aromatic N) is 4. The second-order valence-electron chi connectivity index (χ2n) is 16.1. The minimum Gasteiger partial charge on any atom is -0.509 e. The van der Waals surface area contributed by atoms with Crippen LogP contribution in [0.2, 0.25) is 0 Å². The predicted octanol–water partition coefficient (Wildman–Crippen LogP) is 14.6. The summed E-state index contributed by atoms with van der Waals surface area (Å²) in [6.07, 6.45) is 1.91. The van der Waals surface area contributed by atoms with Gasteiger partial charge in [0.25, 0.3) is 0 Å². The Kier molecular flexibility index (Phi) is 9.30. The molecule has 0 N–H and O–H groups in total. The van der Waals surface area contributed by atoms with E-state index < -0.39 is 0 Å². The second-order valence-corrected chi connectivity index (χ2v) is 16.1. The summed E-state index contributed by atoms with van der Waals surface area (Å²) in [6, 6.07) is 67.0. The molecule has 6 heteroatoms. The molecule has 0 radical (unpaired) electrons. The summed E-state index contributed by atoms with van der Waals surface area (Å²) in [7, 11) is 0. The Labute approximate surface area is 365 Å². The summed E-state index contributed by atoms with van der Waals surface area (Å²) in [5.41, 5.74) is 11.7. The quantitative estimate of drug-likeness (QED) is 0.127. The van der Waals surface area contributed by atoms with Gasteiger partial charge in [0.15, 0.2) is 0 Å². The van der Waals surface area contributed by atoms with Crippen LogP contribution in [0.25, 0.3) is 43.8 Å². The van der Waals surface area contributed by atoms with Crippen molar-refractivity contribution in [1.29, 1.82) is 0 Å². The third-order valence-corrected chi connectivity index (χ3v) is 11.5. The monoisotopic (exact) mass is 954 g/mol. The van der Waals surface area contributed by atoms with E-state index in [9.17, 15) is 0 Å². The molecule has 5 nitrogen and oxygen atoms in total. The molecular formula is C54H39N4OPt-3. The van der Waals surface area contributed by atoms with E-state index in [2.05, 4.69) is 206 Å². The zero-order valence-electron chi connectivity index (χ0n) is 33.3. The average Bonchev–Trinajstić information content (AvgIpc) is 3.61. The normalized spacial score (nSPS) is 12.9. The van der Waals surface area contributed by atoms with Crippen LogP contribution in [0.5, 0.6) is 11.5 Å². The van der Waals surface area contributed by atoms with E-state index in [4.69, 9.17) is 9.72 Å². The first-order chi connectivity index (χ1) is 28.9. The summed E-state index contributed by atoms with van der Waals surface area (Å²) in [4.78, 5) is 11.7. The van der Waals surface area contributed by atoms with Gasteiger partial charge in [0.2, 0.25) is 0 Å². The molecule has 2 aliphatic rings. The van der Waals surface area contributed by atoms with E-state index in [1.54, 1.807) is 0 Å². The summed E-state index contributed by atoms with van der Waals surface area (Å²) in [5, 5.41) is 4.87. The maximum atomic E-state index is 6.72. The Morgan fingerprint density at radius 2 is 1.17 bits per heavy atom. The molecule has 0 atom stereocenters. The molecule has 0 saturated carbocycles. The van der Waals surface area contributed by atoms with Crippen molar-refractivity contribution in [3.8, 4) is 33.8 Å². The van der Waals surface area contributed by atoms with Crippen LogP contribution in [0.15, 0.2) is 176 Å². The molecule has 3 heterocycles. The van der Waals surface area contributed by atoms with Crippen LogP contribution in [0.3, 0.4) is 0 Å². The largest absolute Gasteiger partial charge is 0.509 e. The molecule has 0 aliphatic carbocycles. The molecule has 0 fully saturated rings. The number of rotatable bonds is 5. The molecule has 1 aromatic heterocycles. The summed E-state index contributed by atoms with van der Waals surface area (Å²) >= 11 is 0. The van der Waals surface area contributed by atoms with Gasteiger partial charge in [-0.1, -0.05) is 135 Å². The molecule has 2 aliphatic heterocycles. The van der Waals surface area contributed by atoms with Gasteiger partial charge in [0, 0.05) is 66.8 Å². The Bertz CT molecular complexity index is 3100. The molecule has 0 amide bonds. The topological polar surface area (TPSA) is 31.8 Å². The van der Waals surface area contributed by atoms with Crippen molar-refractivity contribution in [2.24, 2.45) is 0 Å². The standard InChI is InChI=1S/C54H39N4O.Pt/c1-54(2,3)38-30-31-55-52(32-38)58-47-22-9-8-21-45(47)43-19-6-7-20-44(43)46-29-28-41(34-51(46)58)59-40-17-13-16-39(33-40)56-35-57(49-24-11-10-23-48(49)56)50-25-12-15-37-27-26-36-14-4-5-18-42(36)53(37)50;/h4-32,35H,1-3H3;/q-3;. The molecule has 0 saturated heterocycles. The van der Waals surface area contributed by atoms with E-state index in [1.807, 2.05) is 24.4 Å². The first kappa shape index (κ1) is 37.6.